The molecule has 10 heteroatoms. The summed E-state index contributed by atoms with van der Waals surface area (Å²) in [5, 5.41) is 15.5. The van der Waals surface area contributed by atoms with Crippen molar-refractivity contribution in [1.82, 2.24) is 20.7 Å². The molecule has 4 atom stereocenters. The zero-order valence-electron chi connectivity index (χ0n) is 24.0. The first kappa shape index (κ1) is 32.1. The van der Waals surface area contributed by atoms with E-state index in [9.17, 15) is 14.7 Å². The number of halogens is 1. The van der Waals surface area contributed by atoms with Gasteiger partial charge in [-0.2, -0.15) is 0 Å². The van der Waals surface area contributed by atoms with Gasteiger partial charge in [-0.1, -0.05) is 37.6 Å². The van der Waals surface area contributed by atoms with E-state index in [4.69, 9.17) is 16.3 Å². The van der Waals surface area contributed by atoms with E-state index in [1.54, 1.807) is 11.9 Å². The number of likely N-dealkylation sites (tertiary alicyclic amines) is 1. The maximum absolute atomic E-state index is 14.0. The van der Waals surface area contributed by atoms with E-state index >= 15 is 0 Å². The molecule has 38 heavy (non-hydrogen) atoms. The van der Waals surface area contributed by atoms with Gasteiger partial charge in [0.25, 0.3) is 0 Å². The summed E-state index contributed by atoms with van der Waals surface area (Å²) >= 11 is 6.31. The molecule has 0 spiro atoms. The van der Waals surface area contributed by atoms with Crippen LogP contribution in [0.15, 0.2) is 24.3 Å². The molecule has 1 fully saturated rings. The van der Waals surface area contributed by atoms with Crippen LogP contribution in [0.25, 0.3) is 0 Å². The highest BCUT2D eigenvalue weighted by atomic mass is 35.5. The average Bonchev–Trinajstić information content (AvgIpc) is 2.84. The first-order valence-corrected chi connectivity index (χ1v) is 13.9. The number of alkyl carbamates (subject to hydrolysis) is 1. The molecule has 2 rings (SSSR count). The highest BCUT2D eigenvalue weighted by Crippen LogP contribution is 2.34. The number of amides is 3. The van der Waals surface area contributed by atoms with E-state index in [-0.39, 0.29) is 36.2 Å². The third-order valence-electron chi connectivity index (χ3n) is 6.45. The molecule has 3 amide bonds. The molecule has 0 bridgehead atoms. The van der Waals surface area contributed by atoms with E-state index in [2.05, 4.69) is 29.3 Å². The zero-order chi connectivity index (χ0) is 28.5. The number of nitrogens with one attached hydrogen (secondary N) is 2. The zero-order valence-corrected chi connectivity index (χ0v) is 24.8. The molecule has 0 saturated carbocycles. The molecule has 0 aromatic heterocycles. The number of carbonyl (C=O) groups is 2. The number of methoxy groups -OCH3 is 1. The Morgan fingerprint density at radius 3 is 2.55 bits per heavy atom. The number of hydrogen-bond acceptors (Lipinski definition) is 6. The van der Waals surface area contributed by atoms with E-state index in [0.29, 0.717) is 37.0 Å². The number of ether oxygens (including phenoxy) is 2. The second kappa shape index (κ2) is 14.9. The molecule has 216 valence electrons. The quantitative estimate of drug-likeness (QED) is 0.263. The minimum atomic E-state index is -0.693. The van der Waals surface area contributed by atoms with Gasteiger partial charge in [0.05, 0.1) is 32.0 Å². The molecule has 1 aliphatic heterocycles. The van der Waals surface area contributed by atoms with Crippen LogP contribution in [0.4, 0.5) is 9.59 Å². The van der Waals surface area contributed by atoms with Crippen LogP contribution in [0.1, 0.15) is 72.5 Å². The highest BCUT2D eigenvalue weighted by Gasteiger charge is 2.37. The summed E-state index contributed by atoms with van der Waals surface area (Å²) in [6, 6.07) is 7.06. The van der Waals surface area contributed by atoms with Crippen molar-refractivity contribution >= 4 is 23.7 Å². The van der Waals surface area contributed by atoms with Gasteiger partial charge in [0.15, 0.2) is 0 Å². The van der Waals surface area contributed by atoms with Gasteiger partial charge in [-0.15, -0.1) is 0 Å². The third kappa shape index (κ3) is 10.2. The Labute approximate surface area is 233 Å². The topological polar surface area (TPSA) is 103 Å². The smallest absolute Gasteiger partial charge is 0.406 e. The fraction of sp³-hybridized carbons (Fsp3) is 0.714. The van der Waals surface area contributed by atoms with Gasteiger partial charge in [-0.25, -0.2) is 15.0 Å². The van der Waals surface area contributed by atoms with Gasteiger partial charge in [0.2, 0.25) is 0 Å². The van der Waals surface area contributed by atoms with Crippen molar-refractivity contribution in [2.24, 2.45) is 11.8 Å². The standard InChI is InChI=1S/C28H47ClN4O5/c1-19(2)16-24(20(3)34)33(31-28(4,5)6)27(36)32-14-9-11-22(18-32)25(21-10-8-12-23(29)17-21)38-15-13-30-26(35)37-7/h8,10,12,17,19-20,22,24-25,31,34H,9,11,13-16,18H2,1-7H3,(H,30,35)/t20-,22?,24?,25+/m1/s1. The van der Waals surface area contributed by atoms with Crippen molar-refractivity contribution in [2.75, 3.05) is 33.4 Å². The number of urea groups is 1. The lowest BCUT2D eigenvalue weighted by Crippen LogP contribution is -2.63. The molecule has 9 nitrogen and oxygen atoms in total. The fourth-order valence-electron chi connectivity index (χ4n) is 4.82. The van der Waals surface area contributed by atoms with Gasteiger partial charge >= 0.3 is 12.1 Å². The Bertz CT molecular complexity index is 892. The summed E-state index contributed by atoms with van der Waals surface area (Å²) in [7, 11) is 1.32. The number of hydrazine groups is 1. The van der Waals surface area contributed by atoms with Crippen molar-refractivity contribution in [3.8, 4) is 0 Å². The first-order chi connectivity index (χ1) is 17.8. The molecule has 1 heterocycles. The Kier molecular flexibility index (Phi) is 12.6. The number of nitrogens with zero attached hydrogens (tertiary/aromatic N) is 2. The van der Waals surface area contributed by atoms with Crippen molar-refractivity contribution in [3.05, 3.63) is 34.9 Å². The predicted octanol–water partition coefficient (Wildman–Crippen LogP) is 4.99. The lowest BCUT2D eigenvalue weighted by Gasteiger charge is -2.44. The van der Waals surface area contributed by atoms with E-state index < -0.39 is 12.2 Å². The number of hydrogen-bond donors (Lipinski definition) is 3. The number of piperidine rings is 1. The minimum absolute atomic E-state index is 0.0240. The van der Waals surface area contributed by atoms with Crippen molar-refractivity contribution in [2.45, 2.75) is 84.6 Å². The summed E-state index contributed by atoms with van der Waals surface area (Å²) in [5.74, 6) is 0.330. The number of carbonyl (C=O) groups excluding carboxylic acids is 2. The van der Waals surface area contributed by atoms with Gasteiger partial charge in [0, 0.05) is 36.1 Å². The molecule has 1 aromatic rings. The lowest BCUT2D eigenvalue weighted by molar-refractivity contribution is -0.0222. The maximum atomic E-state index is 14.0. The third-order valence-corrected chi connectivity index (χ3v) is 6.69. The van der Waals surface area contributed by atoms with E-state index in [0.717, 1.165) is 18.4 Å². The summed E-state index contributed by atoms with van der Waals surface area (Å²) in [6.45, 7) is 13.6. The average molecular weight is 555 g/mol. The van der Waals surface area contributed by atoms with Crippen LogP contribution in [0, 0.1) is 11.8 Å². The van der Waals surface area contributed by atoms with Gasteiger partial charge in [0.1, 0.15) is 0 Å². The molecule has 1 saturated heterocycles. The SMILES string of the molecule is COC(=O)NCCO[C@@H](c1cccc(Cl)c1)C1CCCN(C(=O)N(NC(C)(C)C)C(CC(C)C)[C@@H](C)O)C1. The van der Waals surface area contributed by atoms with Crippen molar-refractivity contribution in [3.63, 3.8) is 0 Å². The normalized spacial score (nSPS) is 18.6. The van der Waals surface area contributed by atoms with Crippen LogP contribution in [0.3, 0.4) is 0 Å². The van der Waals surface area contributed by atoms with Crippen LogP contribution >= 0.6 is 11.6 Å². The number of benzene rings is 1. The number of aliphatic hydroxyl groups is 1. The minimum Gasteiger partial charge on any atom is -0.453 e. The summed E-state index contributed by atoms with van der Waals surface area (Å²) in [5.41, 5.74) is 3.93. The molecule has 3 N–H and O–H groups in total. The van der Waals surface area contributed by atoms with Crippen molar-refractivity contribution in [1.29, 1.82) is 0 Å². The van der Waals surface area contributed by atoms with Crippen molar-refractivity contribution < 1.29 is 24.2 Å². The lowest BCUT2D eigenvalue weighted by atomic mass is 9.88. The summed E-state index contributed by atoms with van der Waals surface area (Å²) in [6.07, 6.45) is 0.861. The van der Waals surface area contributed by atoms with Crippen LogP contribution in [0.2, 0.25) is 5.02 Å². The van der Waals surface area contributed by atoms with E-state index in [1.807, 2.05) is 49.9 Å². The highest BCUT2D eigenvalue weighted by molar-refractivity contribution is 6.30. The first-order valence-electron chi connectivity index (χ1n) is 13.5. The van der Waals surface area contributed by atoms with Gasteiger partial charge < -0.3 is 24.8 Å². The number of rotatable bonds is 11. The molecular weight excluding hydrogens is 508 g/mol. The van der Waals surface area contributed by atoms with Crippen LogP contribution in [-0.2, 0) is 9.47 Å². The molecule has 1 aliphatic rings. The molecule has 1 aromatic carbocycles. The van der Waals surface area contributed by atoms with Gasteiger partial charge in [-0.3, -0.25) is 5.01 Å². The molecule has 2 unspecified atom stereocenters. The fourth-order valence-corrected chi connectivity index (χ4v) is 5.02. The maximum Gasteiger partial charge on any atom is 0.406 e. The van der Waals surface area contributed by atoms with Gasteiger partial charge in [-0.05, 0) is 70.6 Å². The van der Waals surface area contributed by atoms with E-state index in [1.165, 1.54) is 7.11 Å². The molecular formula is C28H47ClN4O5. The Morgan fingerprint density at radius 1 is 1.26 bits per heavy atom. The van der Waals surface area contributed by atoms with Crippen LogP contribution in [-0.4, -0.2) is 78.2 Å². The van der Waals surface area contributed by atoms with Crippen LogP contribution in [0.5, 0.6) is 0 Å². The monoisotopic (exact) mass is 554 g/mol. The predicted molar refractivity (Wildman–Crippen MR) is 150 cm³/mol. The summed E-state index contributed by atoms with van der Waals surface area (Å²) in [4.78, 5) is 27.3. The molecule has 0 radical (unpaired) electrons. The second-order valence-electron chi connectivity index (χ2n) is 11.6. The largest absolute Gasteiger partial charge is 0.453 e. The number of aliphatic hydroxyl groups excluding tert-OH is 1. The summed E-state index contributed by atoms with van der Waals surface area (Å²) < 4.78 is 10.9. The Balaban J connectivity index is 2.27. The molecule has 0 aliphatic carbocycles. The Morgan fingerprint density at radius 2 is 1.97 bits per heavy atom. The van der Waals surface area contributed by atoms with Crippen LogP contribution < -0.4 is 10.7 Å². The second-order valence-corrected chi connectivity index (χ2v) is 12.0. The Hall–Kier alpha value is -2.07.